The zero-order valence-electron chi connectivity index (χ0n) is 10.6. The molecule has 6 heteroatoms. The van der Waals surface area contributed by atoms with Gasteiger partial charge >= 0.3 is 0 Å². The van der Waals surface area contributed by atoms with Crippen molar-refractivity contribution in [2.75, 3.05) is 6.61 Å². The van der Waals surface area contributed by atoms with Crippen molar-refractivity contribution in [3.8, 4) is 5.75 Å². The number of imidazole rings is 1. The van der Waals surface area contributed by atoms with E-state index in [4.69, 9.17) is 27.5 Å². The Balaban J connectivity index is 2.06. The average Bonchev–Trinajstić information content (AvgIpc) is 2.75. The fourth-order valence-electron chi connectivity index (χ4n) is 1.78. The van der Waals surface area contributed by atoms with Crippen LogP contribution in [0, 0.1) is 12.3 Å². The maximum atomic E-state index is 7.52. The van der Waals surface area contributed by atoms with Crippen LogP contribution in [0.4, 0.5) is 0 Å². The minimum absolute atomic E-state index is 0.0978. The number of aromatic nitrogens is 2. The van der Waals surface area contributed by atoms with E-state index in [2.05, 4.69) is 4.98 Å². The van der Waals surface area contributed by atoms with Gasteiger partial charge in [0.25, 0.3) is 0 Å². The summed E-state index contributed by atoms with van der Waals surface area (Å²) in [7, 11) is 0. The lowest BCUT2D eigenvalue weighted by atomic mass is 10.2. The van der Waals surface area contributed by atoms with Gasteiger partial charge < -0.3 is 15.0 Å². The highest BCUT2D eigenvalue weighted by molar-refractivity contribution is 6.34. The number of halogens is 1. The van der Waals surface area contributed by atoms with Gasteiger partial charge in [-0.05, 0) is 19.1 Å². The molecule has 0 saturated heterocycles. The van der Waals surface area contributed by atoms with Crippen molar-refractivity contribution in [2.45, 2.75) is 13.5 Å². The second-order valence-electron chi connectivity index (χ2n) is 4.04. The molecule has 2 aromatic rings. The molecular formula is C13H15ClN4O. The first-order chi connectivity index (χ1) is 9.09. The van der Waals surface area contributed by atoms with Crippen molar-refractivity contribution in [3.63, 3.8) is 0 Å². The largest absolute Gasteiger partial charge is 0.491 e. The summed E-state index contributed by atoms with van der Waals surface area (Å²) in [4.78, 5) is 4.13. The number of nitrogen functional groups attached to an aromatic ring is 1. The number of rotatable bonds is 5. The maximum Gasteiger partial charge on any atom is 0.131 e. The van der Waals surface area contributed by atoms with Crippen LogP contribution in [0.2, 0.25) is 5.02 Å². The van der Waals surface area contributed by atoms with E-state index < -0.39 is 0 Å². The highest BCUT2D eigenvalue weighted by atomic mass is 35.5. The van der Waals surface area contributed by atoms with Gasteiger partial charge in [0.05, 0.1) is 17.1 Å². The van der Waals surface area contributed by atoms with Gasteiger partial charge in [-0.2, -0.15) is 0 Å². The third-order valence-electron chi connectivity index (χ3n) is 2.76. The van der Waals surface area contributed by atoms with Crippen LogP contribution in [0.1, 0.15) is 11.4 Å². The molecule has 0 aliphatic carbocycles. The second kappa shape index (κ2) is 5.75. The van der Waals surface area contributed by atoms with E-state index >= 15 is 0 Å². The van der Waals surface area contributed by atoms with Gasteiger partial charge in [0, 0.05) is 12.4 Å². The Morgan fingerprint density at radius 2 is 2.32 bits per heavy atom. The fourth-order valence-corrected chi connectivity index (χ4v) is 2.05. The highest BCUT2D eigenvalue weighted by Crippen LogP contribution is 2.25. The molecule has 100 valence electrons. The number of benzene rings is 1. The Kier molecular flexibility index (Phi) is 4.06. The van der Waals surface area contributed by atoms with Crippen LogP contribution in [-0.2, 0) is 6.54 Å². The highest BCUT2D eigenvalue weighted by Gasteiger charge is 2.11. The van der Waals surface area contributed by atoms with Crippen LogP contribution >= 0.6 is 11.6 Å². The lowest BCUT2D eigenvalue weighted by molar-refractivity contribution is 0.296. The van der Waals surface area contributed by atoms with Gasteiger partial charge in [-0.3, -0.25) is 5.41 Å². The van der Waals surface area contributed by atoms with Crippen molar-refractivity contribution >= 4 is 17.4 Å². The van der Waals surface area contributed by atoms with Crippen molar-refractivity contribution in [1.29, 1.82) is 5.41 Å². The van der Waals surface area contributed by atoms with Gasteiger partial charge in [0.2, 0.25) is 0 Å². The molecule has 0 bridgehead atoms. The van der Waals surface area contributed by atoms with Gasteiger partial charge in [0.15, 0.2) is 0 Å². The molecule has 1 heterocycles. The molecule has 0 fully saturated rings. The molecule has 0 amide bonds. The van der Waals surface area contributed by atoms with Crippen LogP contribution in [0.15, 0.2) is 30.6 Å². The van der Waals surface area contributed by atoms with Crippen LogP contribution in [0.3, 0.4) is 0 Å². The predicted molar refractivity (Wildman–Crippen MR) is 74.9 cm³/mol. The first-order valence-electron chi connectivity index (χ1n) is 5.83. The Labute approximate surface area is 116 Å². The topological polar surface area (TPSA) is 76.9 Å². The Bertz CT molecular complexity index is 594. The Morgan fingerprint density at radius 1 is 1.53 bits per heavy atom. The Hall–Kier alpha value is -2.01. The zero-order chi connectivity index (χ0) is 13.8. The third-order valence-corrected chi connectivity index (χ3v) is 3.07. The lowest BCUT2D eigenvalue weighted by Crippen LogP contribution is -2.15. The molecule has 19 heavy (non-hydrogen) atoms. The number of nitrogens with two attached hydrogens (primary N) is 1. The van der Waals surface area contributed by atoms with Gasteiger partial charge in [0.1, 0.15) is 24.0 Å². The predicted octanol–water partition coefficient (Wildman–Crippen LogP) is 2.21. The number of hydrogen-bond acceptors (Lipinski definition) is 3. The summed E-state index contributed by atoms with van der Waals surface area (Å²) < 4.78 is 7.64. The summed E-state index contributed by atoms with van der Waals surface area (Å²) in [6.45, 7) is 3.06. The van der Waals surface area contributed by atoms with E-state index in [1.54, 1.807) is 24.4 Å². The number of nitrogens with one attached hydrogen (secondary N) is 1. The second-order valence-corrected chi connectivity index (χ2v) is 4.45. The molecule has 2 rings (SSSR count). The van der Waals surface area contributed by atoms with E-state index in [0.717, 1.165) is 5.82 Å². The number of nitrogens with zero attached hydrogens (tertiary/aromatic N) is 2. The Morgan fingerprint density at radius 3 is 2.95 bits per heavy atom. The van der Waals surface area contributed by atoms with Crippen LogP contribution in [-0.4, -0.2) is 22.0 Å². The molecule has 0 unspecified atom stereocenters. The van der Waals surface area contributed by atoms with Gasteiger partial charge in [-0.25, -0.2) is 4.98 Å². The average molecular weight is 279 g/mol. The molecule has 5 nitrogen and oxygen atoms in total. The number of hydrogen-bond donors (Lipinski definition) is 2. The van der Waals surface area contributed by atoms with E-state index in [9.17, 15) is 0 Å². The van der Waals surface area contributed by atoms with E-state index in [1.807, 2.05) is 17.7 Å². The van der Waals surface area contributed by atoms with E-state index in [1.165, 1.54) is 0 Å². The lowest BCUT2D eigenvalue weighted by Gasteiger charge is -2.12. The normalized spacial score (nSPS) is 10.4. The molecule has 0 radical (unpaired) electrons. The summed E-state index contributed by atoms with van der Waals surface area (Å²) in [6.07, 6.45) is 3.64. The summed E-state index contributed by atoms with van der Waals surface area (Å²) in [5, 5.41) is 7.94. The number of amidine groups is 1. The standard InChI is InChI=1S/C13H15ClN4O/c1-9-17-5-6-18(9)7-8-19-11-4-2-3-10(14)12(11)13(15)16/h2-6H,7-8H2,1H3,(H3,15,16). The molecule has 0 saturated carbocycles. The summed E-state index contributed by atoms with van der Waals surface area (Å²) in [5.74, 6) is 1.36. The molecule has 0 aliphatic heterocycles. The third kappa shape index (κ3) is 3.06. The molecule has 0 spiro atoms. The molecule has 3 N–H and O–H groups in total. The van der Waals surface area contributed by atoms with Gasteiger partial charge in [-0.15, -0.1) is 0 Å². The van der Waals surface area contributed by atoms with E-state index in [0.29, 0.717) is 29.5 Å². The monoisotopic (exact) mass is 278 g/mol. The number of aryl methyl sites for hydroxylation is 1. The first kappa shape index (κ1) is 13.4. The van der Waals surface area contributed by atoms with Crippen molar-refractivity contribution < 1.29 is 4.74 Å². The minimum atomic E-state index is -0.0978. The maximum absolute atomic E-state index is 7.52. The molecule has 1 aromatic heterocycles. The minimum Gasteiger partial charge on any atom is -0.491 e. The van der Waals surface area contributed by atoms with Crippen molar-refractivity contribution in [2.24, 2.45) is 5.73 Å². The van der Waals surface area contributed by atoms with Crippen LogP contribution in [0.25, 0.3) is 0 Å². The molecular weight excluding hydrogens is 264 g/mol. The van der Waals surface area contributed by atoms with E-state index in [-0.39, 0.29) is 5.84 Å². The first-order valence-corrected chi connectivity index (χ1v) is 6.21. The summed E-state index contributed by atoms with van der Waals surface area (Å²) >= 11 is 6.01. The zero-order valence-corrected chi connectivity index (χ0v) is 11.3. The molecule has 0 aliphatic rings. The summed E-state index contributed by atoms with van der Waals surface area (Å²) in [6, 6.07) is 5.21. The van der Waals surface area contributed by atoms with Crippen LogP contribution in [0.5, 0.6) is 5.75 Å². The fraction of sp³-hybridized carbons (Fsp3) is 0.231. The van der Waals surface area contributed by atoms with Gasteiger partial charge in [-0.1, -0.05) is 17.7 Å². The quantitative estimate of drug-likeness (QED) is 0.650. The summed E-state index contributed by atoms with van der Waals surface area (Å²) in [5.41, 5.74) is 5.95. The smallest absolute Gasteiger partial charge is 0.131 e. The van der Waals surface area contributed by atoms with Crippen LogP contribution < -0.4 is 10.5 Å². The number of ether oxygens (including phenoxy) is 1. The van der Waals surface area contributed by atoms with Crippen molar-refractivity contribution in [3.05, 3.63) is 47.0 Å². The molecule has 1 aromatic carbocycles. The molecule has 0 atom stereocenters. The SMILES string of the molecule is Cc1nccn1CCOc1cccc(Cl)c1C(=N)N. The van der Waals surface area contributed by atoms with Crippen molar-refractivity contribution in [1.82, 2.24) is 9.55 Å².